The lowest BCUT2D eigenvalue weighted by molar-refractivity contribution is 0.420. The van der Waals surface area contributed by atoms with E-state index in [9.17, 15) is 5.41 Å². The molecule has 34 heavy (non-hydrogen) atoms. The summed E-state index contributed by atoms with van der Waals surface area (Å²) in [5.41, 5.74) is 4.71. The third kappa shape index (κ3) is 3.48. The number of nitrogens with zero attached hydrogens (tertiary/aromatic N) is 4. The van der Waals surface area contributed by atoms with Crippen LogP contribution < -0.4 is 10.2 Å². The molecule has 0 bridgehead atoms. The minimum atomic E-state index is -0.133. The van der Waals surface area contributed by atoms with Gasteiger partial charge in [-0.1, -0.05) is 60.2 Å². The molecular formula is C28H25N5O. The van der Waals surface area contributed by atoms with E-state index in [0.29, 0.717) is 17.9 Å². The molecule has 0 amide bonds. The van der Waals surface area contributed by atoms with E-state index >= 15 is 0 Å². The highest BCUT2D eigenvalue weighted by Gasteiger charge is 2.33. The van der Waals surface area contributed by atoms with Gasteiger partial charge >= 0.3 is 0 Å². The van der Waals surface area contributed by atoms with Crippen molar-refractivity contribution in [2.24, 2.45) is 0 Å². The number of fused-ring (bicyclic) bond motifs is 4. The molecule has 6 heteroatoms. The van der Waals surface area contributed by atoms with Gasteiger partial charge in [-0.3, -0.25) is 5.41 Å². The summed E-state index contributed by atoms with van der Waals surface area (Å²) in [6, 6.07) is 21.1. The van der Waals surface area contributed by atoms with Crippen LogP contribution in [0.25, 0.3) is 10.8 Å². The van der Waals surface area contributed by atoms with Gasteiger partial charge in [0.2, 0.25) is 5.88 Å². The largest absolute Gasteiger partial charge is 0.438 e. The molecule has 1 unspecified atom stereocenters. The van der Waals surface area contributed by atoms with Crippen LogP contribution in [0.5, 0.6) is 11.6 Å². The molecule has 0 spiro atoms. The molecule has 6 nitrogen and oxygen atoms in total. The molecule has 1 atom stereocenters. The zero-order valence-corrected chi connectivity index (χ0v) is 19.0. The van der Waals surface area contributed by atoms with Gasteiger partial charge in [0.05, 0.1) is 11.9 Å². The van der Waals surface area contributed by atoms with Crippen LogP contribution in [0, 0.1) is 12.3 Å². The summed E-state index contributed by atoms with van der Waals surface area (Å²) >= 11 is 0. The highest BCUT2D eigenvalue weighted by atomic mass is 16.5. The number of aryl methyl sites for hydroxylation is 3. The Balaban J connectivity index is 1.49. The average Bonchev–Trinajstić information content (AvgIpc) is 3.38. The van der Waals surface area contributed by atoms with Crippen molar-refractivity contribution in [1.82, 2.24) is 19.1 Å². The number of rotatable bonds is 5. The first-order valence-corrected chi connectivity index (χ1v) is 11.5. The lowest BCUT2D eigenvalue weighted by Crippen LogP contribution is -2.30. The molecule has 6 rings (SSSR count). The lowest BCUT2D eigenvalue weighted by Gasteiger charge is -2.30. The molecule has 0 saturated heterocycles. The third-order valence-electron chi connectivity index (χ3n) is 6.59. The van der Waals surface area contributed by atoms with Crippen LogP contribution in [0.4, 0.5) is 0 Å². The van der Waals surface area contributed by atoms with Crippen molar-refractivity contribution in [3.63, 3.8) is 0 Å². The molecule has 0 aliphatic carbocycles. The molecule has 0 radical (unpaired) electrons. The maximum atomic E-state index is 9.17. The Morgan fingerprint density at radius 2 is 1.79 bits per heavy atom. The second-order valence-electron chi connectivity index (χ2n) is 8.80. The maximum Gasteiger partial charge on any atom is 0.228 e. The minimum absolute atomic E-state index is 0.133. The third-order valence-corrected chi connectivity index (χ3v) is 6.59. The van der Waals surface area contributed by atoms with Crippen molar-refractivity contribution in [1.29, 1.82) is 5.41 Å². The molecule has 0 fully saturated rings. The Kier molecular flexibility index (Phi) is 4.99. The summed E-state index contributed by atoms with van der Waals surface area (Å²) in [6.45, 7) is 3.63. The number of benzene rings is 3. The molecule has 3 heterocycles. The number of ether oxygens (including phenoxy) is 1. The van der Waals surface area contributed by atoms with Crippen LogP contribution in [0.1, 0.15) is 34.6 Å². The number of hydrogen-bond acceptors (Lipinski definition) is 4. The number of hydrogen-bond donors (Lipinski definition) is 1. The standard InChI is InChI=1S/C28H25N5O/c1-19-7-9-21(10-8-19)24-25-22-6-3-2-5-20(22)11-12-23(25)34-28-26(24)27(29)33(18-31-28)15-4-14-32-16-13-30-17-32/h2-3,5-13,16-18,24,29H,4,14-15H2,1H3. The average molecular weight is 448 g/mol. The van der Waals surface area contributed by atoms with E-state index in [1.54, 1.807) is 12.5 Å². The van der Waals surface area contributed by atoms with Gasteiger partial charge in [-0.25, -0.2) is 9.97 Å². The zero-order chi connectivity index (χ0) is 23.1. The first kappa shape index (κ1) is 20.4. The second kappa shape index (κ2) is 8.30. The molecule has 5 aromatic rings. The normalized spacial score (nSPS) is 14.4. The van der Waals surface area contributed by atoms with Gasteiger partial charge < -0.3 is 13.9 Å². The van der Waals surface area contributed by atoms with Gasteiger partial charge in [0.1, 0.15) is 17.6 Å². The fourth-order valence-electron chi connectivity index (χ4n) is 4.86. The summed E-state index contributed by atoms with van der Waals surface area (Å²) in [6.07, 6.45) is 8.17. The topological polar surface area (TPSA) is 68.7 Å². The van der Waals surface area contributed by atoms with Crippen LogP contribution in [0.15, 0.2) is 85.7 Å². The van der Waals surface area contributed by atoms with E-state index in [2.05, 4.69) is 76.1 Å². The number of aromatic nitrogens is 4. The van der Waals surface area contributed by atoms with Crippen molar-refractivity contribution >= 4 is 10.8 Å². The Labute approximate surface area is 197 Å². The van der Waals surface area contributed by atoms with E-state index in [4.69, 9.17) is 4.74 Å². The molecule has 3 aromatic carbocycles. The van der Waals surface area contributed by atoms with Gasteiger partial charge in [-0.15, -0.1) is 0 Å². The first-order valence-electron chi connectivity index (χ1n) is 11.5. The van der Waals surface area contributed by atoms with Crippen LogP contribution in [-0.2, 0) is 13.1 Å². The van der Waals surface area contributed by atoms with Gasteiger partial charge in [0.25, 0.3) is 0 Å². The molecule has 168 valence electrons. The quantitative estimate of drug-likeness (QED) is 0.385. The summed E-state index contributed by atoms with van der Waals surface area (Å²) in [5, 5.41) is 11.5. The summed E-state index contributed by atoms with van der Waals surface area (Å²) in [7, 11) is 0. The highest BCUT2D eigenvalue weighted by molar-refractivity contribution is 5.90. The van der Waals surface area contributed by atoms with Gasteiger partial charge in [-0.2, -0.15) is 0 Å². The summed E-state index contributed by atoms with van der Waals surface area (Å²) in [4.78, 5) is 8.78. The number of imidazole rings is 1. The molecule has 1 aliphatic heterocycles. The van der Waals surface area contributed by atoms with Gasteiger partial charge in [0, 0.05) is 37.0 Å². The fourth-order valence-corrected chi connectivity index (χ4v) is 4.86. The predicted molar refractivity (Wildman–Crippen MR) is 131 cm³/mol. The monoisotopic (exact) mass is 447 g/mol. The molecule has 1 aliphatic rings. The van der Waals surface area contributed by atoms with Gasteiger partial charge in [-0.05, 0) is 35.7 Å². The number of nitrogens with one attached hydrogen (secondary N) is 1. The lowest BCUT2D eigenvalue weighted by atomic mass is 9.81. The van der Waals surface area contributed by atoms with Crippen LogP contribution in [0.2, 0.25) is 0 Å². The SMILES string of the molecule is Cc1ccc(C2c3c(ncn(CCCn4ccnc4)c3=N)Oc3ccc4ccccc4c32)cc1. The second-order valence-corrected chi connectivity index (χ2v) is 8.80. The fraction of sp³-hybridized carbons (Fsp3) is 0.179. The van der Waals surface area contributed by atoms with Crippen LogP contribution in [0.3, 0.4) is 0 Å². The maximum absolute atomic E-state index is 9.17. The Hall–Kier alpha value is -4.19. The van der Waals surface area contributed by atoms with Crippen molar-refractivity contribution in [2.75, 3.05) is 0 Å². The van der Waals surface area contributed by atoms with Crippen molar-refractivity contribution in [2.45, 2.75) is 32.4 Å². The molecule has 1 N–H and O–H groups in total. The van der Waals surface area contributed by atoms with E-state index in [1.165, 1.54) is 5.56 Å². The predicted octanol–water partition coefficient (Wildman–Crippen LogP) is 5.40. The van der Waals surface area contributed by atoms with E-state index in [1.807, 2.05) is 23.2 Å². The summed E-state index contributed by atoms with van der Waals surface area (Å²) < 4.78 is 10.3. The van der Waals surface area contributed by atoms with Gasteiger partial charge in [0.15, 0.2) is 0 Å². The van der Waals surface area contributed by atoms with Crippen molar-refractivity contribution in [3.05, 3.63) is 113 Å². The Bertz CT molecular complexity index is 1530. The molecule has 0 saturated carbocycles. The van der Waals surface area contributed by atoms with E-state index in [-0.39, 0.29) is 5.92 Å². The van der Waals surface area contributed by atoms with E-state index < -0.39 is 0 Å². The van der Waals surface area contributed by atoms with Crippen LogP contribution in [-0.4, -0.2) is 19.1 Å². The minimum Gasteiger partial charge on any atom is -0.438 e. The van der Waals surface area contributed by atoms with Crippen molar-refractivity contribution in [3.8, 4) is 11.6 Å². The van der Waals surface area contributed by atoms with Crippen molar-refractivity contribution < 1.29 is 4.74 Å². The smallest absolute Gasteiger partial charge is 0.228 e. The molecule has 2 aromatic heterocycles. The summed E-state index contributed by atoms with van der Waals surface area (Å²) in [5.74, 6) is 1.19. The zero-order valence-electron chi connectivity index (χ0n) is 19.0. The molecular weight excluding hydrogens is 422 g/mol. The Morgan fingerprint density at radius 3 is 2.62 bits per heavy atom. The van der Waals surface area contributed by atoms with Crippen LogP contribution >= 0.6 is 0 Å². The Morgan fingerprint density at radius 1 is 0.941 bits per heavy atom. The highest BCUT2D eigenvalue weighted by Crippen LogP contribution is 2.47. The van der Waals surface area contributed by atoms with E-state index in [0.717, 1.165) is 46.2 Å². The first-order chi connectivity index (χ1) is 16.7.